The maximum Gasteiger partial charge on any atom is 0.421 e. The summed E-state index contributed by atoms with van der Waals surface area (Å²) in [7, 11) is 0. The van der Waals surface area contributed by atoms with Gasteiger partial charge in [-0.25, -0.2) is 4.98 Å². The smallest absolute Gasteiger partial charge is 0.421 e. The van der Waals surface area contributed by atoms with E-state index in [9.17, 15) is 18.0 Å². The first-order valence-electron chi connectivity index (χ1n) is 8.66. The van der Waals surface area contributed by atoms with Crippen LogP contribution in [0.15, 0.2) is 30.5 Å². The average Bonchev–Trinajstić information content (AvgIpc) is 2.63. The molecule has 1 aliphatic rings. The molecule has 1 aliphatic heterocycles. The molecule has 6 nitrogen and oxygen atoms in total. The van der Waals surface area contributed by atoms with Crippen LogP contribution < -0.4 is 10.2 Å². The number of aromatic nitrogens is 2. The number of hydrogen-bond acceptors (Lipinski definition) is 5. The number of rotatable bonds is 5. The number of alkyl halides is 3. The molecule has 0 bridgehead atoms. The van der Waals surface area contributed by atoms with Gasteiger partial charge >= 0.3 is 12.1 Å². The molecule has 10 heteroatoms. The molecule has 0 spiro atoms. The van der Waals surface area contributed by atoms with Crippen LogP contribution in [0, 0.1) is 5.92 Å². The number of carboxylic acid groups (broad SMARTS) is 1. The van der Waals surface area contributed by atoms with E-state index >= 15 is 0 Å². The molecule has 1 fully saturated rings. The molecule has 0 radical (unpaired) electrons. The zero-order valence-electron chi connectivity index (χ0n) is 14.7. The lowest BCUT2D eigenvalue weighted by Crippen LogP contribution is -2.36. The molecule has 0 aliphatic carbocycles. The predicted molar refractivity (Wildman–Crippen MR) is 99.0 cm³/mol. The van der Waals surface area contributed by atoms with Gasteiger partial charge in [-0.05, 0) is 43.0 Å². The highest BCUT2D eigenvalue weighted by atomic mass is 35.5. The van der Waals surface area contributed by atoms with Crippen molar-refractivity contribution in [2.45, 2.75) is 25.4 Å². The summed E-state index contributed by atoms with van der Waals surface area (Å²) >= 11 is 5.83. The third-order valence-electron chi connectivity index (χ3n) is 4.55. The highest BCUT2D eigenvalue weighted by Crippen LogP contribution is 2.37. The Balaban J connectivity index is 1.83. The molecular formula is C18H18ClF3N4O2. The average molecular weight is 415 g/mol. The summed E-state index contributed by atoms with van der Waals surface area (Å²) < 4.78 is 40.3. The van der Waals surface area contributed by atoms with Crippen molar-refractivity contribution in [2.75, 3.05) is 23.3 Å². The number of carboxylic acids is 1. The summed E-state index contributed by atoms with van der Waals surface area (Å²) in [6.45, 7) is 0.608. The summed E-state index contributed by atoms with van der Waals surface area (Å²) in [4.78, 5) is 20.3. The monoisotopic (exact) mass is 414 g/mol. The Labute approximate surface area is 164 Å². The maximum absolute atomic E-state index is 13.4. The Morgan fingerprint density at radius 1 is 1.25 bits per heavy atom. The summed E-state index contributed by atoms with van der Waals surface area (Å²) in [5, 5.41) is 12.3. The highest BCUT2D eigenvalue weighted by Gasteiger charge is 2.37. The van der Waals surface area contributed by atoms with Crippen molar-refractivity contribution in [3.63, 3.8) is 0 Å². The van der Waals surface area contributed by atoms with E-state index in [-0.39, 0.29) is 24.1 Å². The van der Waals surface area contributed by atoms with Gasteiger partial charge in [0.15, 0.2) is 0 Å². The lowest BCUT2D eigenvalue weighted by molar-refractivity contribution is -0.138. The molecular weight excluding hydrogens is 397 g/mol. The van der Waals surface area contributed by atoms with Gasteiger partial charge in [-0.15, -0.1) is 0 Å². The second-order valence-electron chi connectivity index (χ2n) is 6.59. The molecule has 1 aromatic carbocycles. The Hall–Kier alpha value is -2.55. The maximum atomic E-state index is 13.4. The van der Waals surface area contributed by atoms with Crippen LogP contribution in [-0.2, 0) is 11.0 Å². The standard InChI is InChI=1S/C18H18ClF3N4O2/c19-12-1-3-13(4-2-12)24-17-23-10-14(18(20,21)22)16(25-17)26-7-5-11(6-8-26)9-15(27)28/h1-4,10-11H,5-9H2,(H,27,28)(H,23,24,25). The van der Waals surface area contributed by atoms with Crippen molar-refractivity contribution in [3.8, 4) is 0 Å². The number of carbonyl (C=O) groups is 1. The van der Waals surface area contributed by atoms with Gasteiger partial charge in [0, 0.05) is 36.4 Å². The van der Waals surface area contributed by atoms with E-state index in [1.807, 2.05) is 0 Å². The largest absolute Gasteiger partial charge is 0.481 e. The fourth-order valence-electron chi connectivity index (χ4n) is 3.13. The summed E-state index contributed by atoms with van der Waals surface area (Å²) in [5.74, 6) is -1.10. The third-order valence-corrected chi connectivity index (χ3v) is 4.80. The Kier molecular flexibility index (Phi) is 5.93. The van der Waals surface area contributed by atoms with Gasteiger partial charge in [0.05, 0.1) is 0 Å². The first-order valence-corrected chi connectivity index (χ1v) is 9.04. The van der Waals surface area contributed by atoms with E-state index in [1.54, 1.807) is 24.3 Å². The van der Waals surface area contributed by atoms with Gasteiger partial charge in [-0.3, -0.25) is 4.79 Å². The molecule has 0 atom stereocenters. The minimum Gasteiger partial charge on any atom is -0.481 e. The van der Waals surface area contributed by atoms with E-state index in [0.717, 1.165) is 6.20 Å². The molecule has 2 aromatic rings. The van der Waals surface area contributed by atoms with Crippen LogP contribution in [0.3, 0.4) is 0 Å². The molecule has 0 unspecified atom stereocenters. The Morgan fingerprint density at radius 2 is 1.89 bits per heavy atom. The normalized spacial score (nSPS) is 15.5. The number of hydrogen-bond donors (Lipinski definition) is 2. The number of benzene rings is 1. The van der Waals surface area contributed by atoms with Crippen LogP contribution in [-0.4, -0.2) is 34.1 Å². The predicted octanol–water partition coefficient (Wildman–Crippen LogP) is 4.58. The molecule has 1 saturated heterocycles. The Bertz CT molecular complexity index is 838. The number of piperidine rings is 1. The fourth-order valence-corrected chi connectivity index (χ4v) is 3.26. The van der Waals surface area contributed by atoms with Crippen molar-refractivity contribution in [1.82, 2.24) is 9.97 Å². The second kappa shape index (κ2) is 8.22. The van der Waals surface area contributed by atoms with Crippen LogP contribution in [0.2, 0.25) is 5.02 Å². The first-order chi connectivity index (χ1) is 13.2. The number of anilines is 3. The lowest BCUT2D eigenvalue weighted by atomic mass is 9.93. The van der Waals surface area contributed by atoms with Crippen molar-refractivity contribution in [2.24, 2.45) is 5.92 Å². The molecule has 0 amide bonds. The van der Waals surface area contributed by atoms with Crippen LogP contribution >= 0.6 is 11.6 Å². The number of nitrogens with zero attached hydrogens (tertiary/aromatic N) is 3. The molecule has 1 aromatic heterocycles. The van der Waals surface area contributed by atoms with Crippen LogP contribution in [0.1, 0.15) is 24.8 Å². The third kappa shape index (κ3) is 5.03. The molecule has 28 heavy (non-hydrogen) atoms. The van der Waals surface area contributed by atoms with Gasteiger partial charge in [-0.2, -0.15) is 18.2 Å². The zero-order valence-corrected chi connectivity index (χ0v) is 15.5. The van der Waals surface area contributed by atoms with Gasteiger partial charge in [0.1, 0.15) is 11.4 Å². The molecule has 150 valence electrons. The van der Waals surface area contributed by atoms with Gasteiger partial charge in [0.2, 0.25) is 5.95 Å². The lowest BCUT2D eigenvalue weighted by Gasteiger charge is -2.33. The van der Waals surface area contributed by atoms with E-state index in [2.05, 4.69) is 15.3 Å². The Morgan fingerprint density at radius 3 is 2.46 bits per heavy atom. The minimum atomic E-state index is -4.59. The van der Waals surface area contributed by atoms with E-state index in [4.69, 9.17) is 16.7 Å². The van der Waals surface area contributed by atoms with Crippen molar-refractivity contribution in [1.29, 1.82) is 0 Å². The van der Waals surface area contributed by atoms with E-state index < -0.39 is 17.7 Å². The zero-order chi connectivity index (χ0) is 20.3. The van der Waals surface area contributed by atoms with Gasteiger partial charge < -0.3 is 15.3 Å². The minimum absolute atomic E-state index is 0.0209. The van der Waals surface area contributed by atoms with E-state index in [0.29, 0.717) is 36.6 Å². The SMILES string of the molecule is O=C(O)CC1CCN(c2nc(Nc3ccc(Cl)cc3)ncc2C(F)(F)F)CC1. The molecule has 2 heterocycles. The quantitative estimate of drug-likeness (QED) is 0.745. The van der Waals surface area contributed by atoms with Crippen molar-refractivity contribution < 1.29 is 23.1 Å². The summed E-state index contributed by atoms with van der Waals surface area (Å²) in [6.07, 6.45) is -2.82. The summed E-state index contributed by atoms with van der Waals surface area (Å²) in [5.41, 5.74) is -0.318. The number of halogens is 4. The number of nitrogens with one attached hydrogen (secondary N) is 1. The number of aliphatic carboxylic acids is 1. The topological polar surface area (TPSA) is 78.3 Å². The molecule has 0 saturated carbocycles. The molecule has 3 rings (SSSR count). The van der Waals surface area contributed by atoms with E-state index in [1.165, 1.54) is 4.90 Å². The van der Waals surface area contributed by atoms with Crippen LogP contribution in [0.4, 0.5) is 30.6 Å². The van der Waals surface area contributed by atoms with Gasteiger partial charge in [0.25, 0.3) is 0 Å². The fraction of sp³-hybridized carbons (Fsp3) is 0.389. The van der Waals surface area contributed by atoms with Crippen LogP contribution in [0.5, 0.6) is 0 Å². The van der Waals surface area contributed by atoms with Gasteiger partial charge in [-0.1, -0.05) is 11.6 Å². The van der Waals surface area contributed by atoms with Crippen LogP contribution in [0.25, 0.3) is 0 Å². The summed E-state index contributed by atoms with van der Waals surface area (Å²) in [6, 6.07) is 6.62. The van der Waals surface area contributed by atoms with Crippen molar-refractivity contribution in [3.05, 3.63) is 41.0 Å². The molecule has 2 N–H and O–H groups in total. The first kappa shape index (κ1) is 20.2. The van der Waals surface area contributed by atoms with Crippen molar-refractivity contribution >= 4 is 35.0 Å². The highest BCUT2D eigenvalue weighted by molar-refractivity contribution is 6.30. The second-order valence-corrected chi connectivity index (χ2v) is 7.03.